The first-order valence-corrected chi connectivity index (χ1v) is 6.73. The lowest BCUT2D eigenvalue weighted by molar-refractivity contribution is 0.0780. The number of amides is 1. The second-order valence-corrected chi connectivity index (χ2v) is 5.01. The van der Waals surface area contributed by atoms with Crippen LogP contribution in [0.4, 0.5) is 4.39 Å². The number of hydrogen-bond donors (Lipinski definition) is 0. The SMILES string of the molecule is COc1ccc(C(=O)N(C)Cc2ccccc2Cl)c(F)c1. The lowest BCUT2D eigenvalue weighted by atomic mass is 10.1. The van der Waals surface area contributed by atoms with Gasteiger partial charge in [-0.2, -0.15) is 0 Å². The van der Waals surface area contributed by atoms with Crippen LogP contribution in [0.5, 0.6) is 5.75 Å². The van der Waals surface area contributed by atoms with Crippen molar-refractivity contribution in [2.75, 3.05) is 14.2 Å². The van der Waals surface area contributed by atoms with Crippen molar-refractivity contribution >= 4 is 17.5 Å². The smallest absolute Gasteiger partial charge is 0.256 e. The van der Waals surface area contributed by atoms with Gasteiger partial charge >= 0.3 is 0 Å². The second-order valence-electron chi connectivity index (χ2n) is 4.60. The van der Waals surface area contributed by atoms with E-state index >= 15 is 0 Å². The van der Waals surface area contributed by atoms with E-state index in [1.165, 1.54) is 24.1 Å². The molecule has 0 aliphatic rings. The monoisotopic (exact) mass is 307 g/mol. The summed E-state index contributed by atoms with van der Waals surface area (Å²) in [5.41, 5.74) is 0.814. The van der Waals surface area contributed by atoms with Gasteiger partial charge in [-0.15, -0.1) is 0 Å². The molecule has 1 amide bonds. The minimum absolute atomic E-state index is 0.00496. The van der Waals surface area contributed by atoms with Gasteiger partial charge in [0.2, 0.25) is 0 Å². The molecule has 2 aromatic carbocycles. The molecule has 0 heterocycles. The summed E-state index contributed by atoms with van der Waals surface area (Å²) in [6, 6.07) is 11.4. The van der Waals surface area contributed by atoms with E-state index in [1.807, 2.05) is 18.2 Å². The van der Waals surface area contributed by atoms with E-state index in [4.69, 9.17) is 16.3 Å². The van der Waals surface area contributed by atoms with Gasteiger partial charge in [0.05, 0.1) is 12.7 Å². The van der Waals surface area contributed by atoms with E-state index in [1.54, 1.807) is 19.2 Å². The molecule has 0 aromatic heterocycles. The van der Waals surface area contributed by atoms with Crippen LogP contribution in [0.15, 0.2) is 42.5 Å². The van der Waals surface area contributed by atoms with Crippen LogP contribution in [-0.4, -0.2) is 25.0 Å². The van der Waals surface area contributed by atoms with Crippen molar-refractivity contribution in [3.8, 4) is 5.75 Å². The molecular formula is C16H15ClFNO2. The molecule has 0 spiro atoms. The summed E-state index contributed by atoms with van der Waals surface area (Å²) in [5.74, 6) is -0.641. The Morgan fingerprint density at radius 2 is 2.00 bits per heavy atom. The first-order chi connectivity index (χ1) is 10.0. The third-order valence-corrected chi connectivity index (χ3v) is 3.49. The molecule has 0 bridgehead atoms. The Labute approximate surface area is 127 Å². The molecular weight excluding hydrogens is 293 g/mol. The molecule has 5 heteroatoms. The third kappa shape index (κ3) is 3.52. The fourth-order valence-corrected chi connectivity index (χ4v) is 2.15. The van der Waals surface area contributed by atoms with Crippen LogP contribution in [0.1, 0.15) is 15.9 Å². The highest BCUT2D eigenvalue weighted by atomic mass is 35.5. The average Bonchev–Trinajstić information content (AvgIpc) is 2.48. The van der Waals surface area contributed by atoms with Crippen LogP contribution in [0.2, 0.25) is 5.02 Å². The van der Waals surface area contributed by atoms with Crippen LogP contribution in [-0.2, 0) is 6.54 Å². The summed E-state index contributed by atoms with van der Waals surface area (Å²) in [4.78, 5) is 13.7. The number of nitrogens with zero attached hydrogens (tertiary/aromatic N) is 1. The van der Waals surface area contributed by atoms with Gasteiger partial charge in [-0.3, -0.25) is 4.79 Å². The van der Waals surface area contributed by atoms with Crippen molar-refractivity contribution < 1.29 is 13.9 Å². The van der Waals surface area contributed by atoms with E-state index in [0.29, 0.717) is 17.3 Å². The van der Waals surface area contributed by atoms with Crippen LogP contribution in [0.25, 0.3) is 0 Å². The fraction of sp³-hybridized carbons (Fsp3) is 0.188. The molecule has 0 saturated heterocycles. The maximum atomic E-state index is 13.9. The quantitative estimate of drug-likeness (QED) is 0.860. The Kier molecular flexibility index (Phi) is 4.81. The van der Waals surface area contributed by atoms with Crippen molar-refractivity contribution in [2.24, 2.45) is 0 Å². The van der Waals surface area contributed by atoms with Crippen molar-refractivity contribution in [1.82, 2.24) is 4.90 Å². The largest absolute Gasteiger partial charge is 0.497 e. The molecule has 0 radical (unpaired) electrons. The second kappa shape index (κ2) is 6.59. The lowest BCUT2D eigenvalue weighted by Crippen LogP contribution is -2.27. The van der Waals surface area contributed by atoms with Crippen LogP contribution >= 0.6 is 11.6 Å². The van der Waals surface area contributed by atoms with Crippen molar-refractivity contribution in [2.45, 2.75) is 6.54 Å². The summed E-state index contributed by atoms with van der Waals surface area (Å²) in [5, 5.41) is 0.576. The minimum atomic E-state index is -0.606. The van der Waals surface area contributed by atoms with Gasteiger partial charge < -0.3 is 9.64 Å². The van der Waals surface area contributed by atoms with Crippen LogP contribution in [0, 0.1) is 5.82 Å². The van der Waals surface area contributed by atoms with Crippen molar-refractivity contribution in [3.05, 3.63) is 64.4 Å². The Bertz CT molecular complexity index is 660. The molecule has 0 N–H and O–H groups in total. The summed E-state index contributed by atoms with van der Waals surface area (Å²) in [7, 11) is 3.05. The predicted molar refractivity (Wildman–Crippen MR) is 80.2 cm³/mol. The highest BCUT2D eigenvalue weighted by Gasteiger charge is 2.17. The Balaban J connectivity index is 2.18. The summed E-state index contributed by atoms with van der Waals surface area (Å²) < 4.78 is 18.8. The molecule has 2 aromatic rings. The van der Waals surface area contributed by atoms with Crippen molar-refractivity contribution in [3.63, 3.8) is 0 Å². The number of benzene rings is 2. The zero-order chi connectivity index (χ0) is 15.4. The first-order valence-electron chi connectivity index (χ1n) is 6.35. The standard InChI is InChI=1S/C16H15ClFNO2/c1-19(10-11-5-3-4-6-14(11)17)16(20)13-8-7-12(21-2)9-15(13)18/h3-9H,10H2,1-2H3. The number of carbonyl (C=O) groups is 1. The number of halogens is 2. The number of carbonyl (C=O) groups excluding carboxylic acids is 1. The zero-order valence-corrected chi connectivity index (χ0v) is 12.5. The normalized spacial score (nSPS) is 10.3. The van der Waals surface area contributed by atoms with E-state index in [0.717, 1.165) is 5.56 Å². The summed E-state index contributed by atoms with van der Waals surface area (Å²) in [6.45, 7) is 0.309. The van der Waals surface area contributed by atoms with E-state index < -0.39 is 11.7 Å². The molecule has 0 unspecified atom stereocenters. The minimum Gasteiger partial charge on any atom is -0.497 e. The molecule has 3 nitrogen and oxygen atoms in total. The molecule has 21 heavy (non-hydrogen) atoms. The Morgan fingerprint density at radius 1 is 1.29 bits per heavy atom. The average molecular weight is 308 g/mol. The molecule has 0 saturated carbocycles. The maximum Gasteiger partial charge on any atom is 0.256 e. The third-order valence-electron chi connectivity index (χ3n) is 3.12. The van der Waals surface area contributed by atoms with E-state index in [2.05, 4.69) is 0 Å². The number of hydrogen-bond acceptors (Lipinski definition) is 2. The summed E-state index contributed by atoms with van der Waals surface area (Å²) >= 11 is 6.06. The Morgan fingerprint density at radius 3 is 2.62 bits per heavy atom. The molecule has 0 atom stereocenters. The van der Waals surface area contributed by atoms with Crippen molar-refractivity contribution in [1.29, 1.82) is 0 Å². The molecule has 110 valence electrons. The predicted octanol–water partition coefficient (Wildman–Crippen LogP) is 3.76. The maximum absolute atomic E-state index is 13.9. The van der Waals surface area contributed by atoms with E-state index in [9.17, 15) is 9.18 Å². The molecule has 2 rings (SSSR count). The molecule has 0 aliphatic carbocycles. The summed E-state index contributed by atoms with van der Waals surface area (Å²) in [6.07, 6.45) is 0. The van der Waals surface area contributed by atoms with Gasteiger partial charge in [0, 0.05) is 24.7 Å². The fourth-order valence-electron chi connectivity index (χ4n) is 1.96. The van der Waals surface area contributed by atoms with E-state index in [-0.39, 0.29) is 5.56 Å². The van der Waals surface area contributed by atoms with Gasteiger partial charge in [-0.05, 0) is 23.8 Å². The lowest BCUT2D eigenvalue weighted by Gasteiger charge is -2.18. The van der Waals surface area contributed by atoms with Gasteiger partial charge in [-0.25, -0.2) is 4.39 Å². The first kappa shape index (κ1) is 15.3. The highest BCUT2D eigenvalue weighted by Crippen LogP contribution is 2.20. The number of ether oxygens (including phenoxy) is 1. The zero-order valence-electron chi connectivity index (χ0n) is 11.8. The topological polar surface area (TPSA) is 29.5 Å². The van der Waals surface area contributed by atoms with Gasteiger partial charge in [0.15, 0.2) is 0 Å². The highest BCUT2D eigenvalue weighted by molar-refractivity contribution is 6.31. The number of methoxy groups -OCH3 is 1. The number of rotatable bonds is 4. The molecule has 0 fully saturated rings. The van der Waals surface area contributed by atoms with Gasteiger partial charge in [0.25, 0.3) is 5.91 Å². The Hall–Kier alpha value is -2.07. The van der Waals surface area contributed by atoms with Crippen LogP contribution in [0.3, 0.4) is 0 Å². The van der Waals surface area contributed by atoms with Gasteiger partial charge in [-0.1, -0.05) is 29.8 Å². The molecule has 0 aliphatic heterocycles. The van der Waals surface area contributed by atoms with Gasteiger partial charge in [0.1, 0.15) is 11.6 Å². The van der Waals surface area contributed by atoms with Crippen LogP contribution < -0.4 is 4.74 Å².